The maximum absolute atomic E-state index is 12.1. The van der Waals surface area contributed by atoms with Gasteiger partial charge in [-0.1, -0.05) is 17.7 Å². The average Bonchev–Trinajstić information content (AvgIpc) is 2.67. The van der Waals surface area contributed by atoms with Crippen molar-refractivity contribution in [3.05, 3.63) is 53.6 Å². The van der Waals surface area contributed by atoms with Gasteiger partial charge in [-0.2, -0.15) is 0 Å². The van der Waals surface area contributed by atoms with Crippen molar-refractivity contribution in [1.82, 2.24) is 4.90 Å². The highest BCUT2D eigenvalue weighted by Crippen LogP contribution is 2.19. The number of phenols is 1. The lowest BCUT2D eigenvalue weighted by molar-refractivity contribution is -0.136. The van der Waals surface area contributed by atoms with Crippen LogP contribution < -0.4 is 10.1 Å². The molecule has 2 aromatic rings. The third-order valence-electron chi connectivity index (χ3n) is 3.86. The number of benzene rings is 2. The Bertz CT molecular complexity index is 881. The zero-order valence-electron chi connectivity index (χ0n) is 15.9. The molecule has 0 saturated heterocycles. The molecule has 0 heterocycles. The number of hydrogen-bond acceptors (Lipinski definition) is 6. The average molecular weight is 386 g/mol. The maximum atomic E-state index is 12.1. The Kier molecular flexibility index (Phi) is 6.97. The van der Waals surface area contributed by atoms with E-state index in [1.807, 2.05) is 0 Å². The normalized spacial score (nSPS) is 10.1. The number of nitrogens with zero attached hydrogens (tertiary/aromatic N) is 1. The number of rotatable bonds is 7. The molecule has 2 N–H and O–H groups in total. The second kappa shape index (κ2) is 9.40. The van der Waals surface area contributed by atoms with Gasteiger partial charge in [-0.25, -0.2) is 4.79 Å². The van der Waals surface area contributed by atoms with E-state index in [1.54, 1.807) is 37.3 Å². The van der Waals surface area contributed by atoms with Crippen LogP contribution in [0.25, 0.3) is 0 Å². The van der Waals surface area contributed by atoms with E-state index in [0.717, 1.165) is 10.5 Å². The van der Waals surface area contributed by atoms with Gasteiger partial charge in [0.1, 0.15) is 17.1 Å². The van der Waals surface area contributed by atoms with Gasteiger partial charge in [-0.3, -0.25) is 9.59 Å². The fraction of sp³-hybridized carbons (Fsp3) is 0.250. The molecule has 0 aliphatic heterocycles. The molecular formula is C20H22N2O6. The third kappa shape index (κ3) is 5.73. The number of aryl methyl sites for hydroxylation is 1. The minimum atomic E-state index is -0.816. The van der Waals surface area contributed by atoms with Crippen molar-refractivity contribution in [2.75, 3.05) is 32.6 Å². The summed E-state index contributed by atoms with van der Waals surface area (Å²) >= 11 is 0. The van der Waals surface area contributed by atoms with Crippen LogP contribution >= 0.6 is 0 Å². The van der Waals surface area contributed by atoms with Gasteiger partial charge >= 0.3 is 5.97 Å². The Morgan fingerprint density at radius 1 is 1.14 bits per heavy atom. The van der Waals surface area contributed by atoms with Crippen LogP contribution in [0.2, 0.25) is 0 Å². The molecule has 0 bridgehead atoms. The Balaban J connectivity index is 1.85. The second-order valence-corrected chi connectivity index (χ2v) is 6.13. The van der Waals surface area contributed by atoms with Crippen LogP contribution in [0.1, 0.15) is 15.9 Å². The van der Waals surface area contributed by atoms with E-state index in [-0.39, 0.29) is 17.9 Å². The molecule has 2 rings (SSSR count). The van der Waals surface area contributed by atoms with Crippen LogP contribution in [0.3, 0.4) is 0 Å². The molecular weight excluding hydrogens is 364 g/mol. The van der Waals surface area contributed by atoms with E-state index in [1.165, 1.54) is 26.3 Å². The molecule has 0 aliphatic carbocycles. The van der Waals surface area contributed by atoms with E-state index in [9.17, 15) is 19.5 Å². The minimum Gasteiger partial charge on any atom is -0.507 e. The van der Waals surface area contributed by atoms with Crippen molar-refractivity contribution >= 4 is 23.5 Å². The maximum Gasteiger partial charge on any atom is 0.342 e. The molecule has 0 unspecified atom stereocenters. The van der Waals surface area contributed by atoms with Gasteiger partial charge in [-0.05, 0) is 31.2 Å². The lowest BCUT2D eigenvalue weighted by Gasteiger charge is -2.17. The van der Waals surface area contributed by atoms with Crippen molar-refractivity contribution < 1.29 is 29.0 Å². The number of phenolic OH excluding ortho intramolecular Hbond substituents is 1. The fourth-order valence-electron chi connectivity index (χ4n) is 2.33. The summed E-state index contributed by atoms with van der Waals surface area (Å²) in [5.41, 5.74) is 1.28. The van der Waals surface area contributed by atoms with Gasteiger partial charge in [0.15, 0.2) is 6.61 Å². The lowest BCUT2D eigenvalue weighted by Crippen LogP contribution is -2.37. The highest BCUT2D eigenvalue weighted by atomic mass is 16.5. The number of nitrogens with one attached hydrogen (secondary N) is 1. The highest BCUT2D eigenvalue weighted by Gasteiger charge is 2.18. The molecule has 0 saturated carbocycles. The topological polar surface area (TPSA) is 105 Å². The summed E-state index contributed by atoms with van der Waals surface area (Å²) < 4.78 is 10.0. The van der Waals surface area contributed by atoms with Gasteiger partial charge in [0, 0.05) is 18.8 Å². The number of esters is 1. The van der Waals surface area contributed by atoms with Crippen LogP contribution in [0, 0.1) is 6.92 Å². The molecule has 2 aromatic carbocycles. The first-order valence-electron chi connectivity index (χ1n) is 8.44. The van der Waals surface area contributed by atoms with Gasteiger partial charge in [0.2, 0.25) is 5.91 Å². The fourth-order valence-corrected chi connectivity index (χ4v) is 2.33. The van der Waals surface area contributed by atoms with E-state index in [0.29, 0.717) is 11.4 Å². The Morgan fingerprint density at radius 2 is 1.89 bits per heavy atom. The van der Waals surface area contributed by atoms with E-state index < -0.39 is 24.4 Å². The number of carbonyl (C=O) groups excluding carboxylic acids is 3. The van der Waals surface area contributed by atoms with E-state index >= 15 is 0 Å². The molecule has 8 heteroatoms. The van der Waals surface area contributed by atoms with Gasteiger partial charge in [0.25, 0.3) is 5.91 Å². The van der Waals surface area contributed by atoms with Gasteiger partial charge in [0.05, 0.1) is 13.7 Å². The monoisotopic (exact) mass is 386 g/mol. The van der Waals surface area contributed by atoms with Crippen molar-refractivity contribution in [1.29, 1.82) is 0 Å². The lowest BCUT2D eigenvalue weighted by atomic mass is 10.1. The molecule has 0 aromatic heterocycles. The summed E-state index contributed by atoms with van der Waals surface area (Å²) in [4.78, 5) is 37.3. The number of hydrogen-bond donors (Lipinski definition) is 2. The molecule has 0 spiro atoms. The third-order valence-corrected chi connectivity index (χ3v) is 3.86. The smallest absolute Gasteiger partial charge is 0.342 e. The first-order chi connectivity index (χ1) is 13.3. The summed E-state index contributed by atoms with van der Waals surface area (Å²) in [6, 6.07) is 11.3. The molecule has 0 aliphatic rings. The molecule has 0 atom stereocenters. The molecule has 8 nitrogen and oxygen atoms in total. The van der Waals surface area contributed by atoms with Crippen molar-refractivity contribution in [2.45, 2.75) is 6.92 Å². The summed E-state index contributed by atoms with van der Waals surface area (Å²) in [7, 11) is 2.94. The van der Waals surface area contributed by atoms with Crippen molar-refractivity contribution in [2.24, 2.45) is 0 Å². The Labute approximate surface area is 162 Å². The number of ether oxygens (including phenoxy) is 2. The zero-order valence-corrected chi connectivity index (χ0v) is 15.9. The van der Waals surface area contributed by atoms with Gasteiger partial charge in [-0.15, -0.1) is 0 Å². The number of carbonyl (C=O) groups is 3. The molecule has 0 radical (unpaired) electrons. The summed E-state index contributed by atoms with van der Waals surface area (Å²) in [6.07, 6.45) is 0. The summed E-state index contributed by atoms with van der Waals surface area (Å²) in [6.45, 7) is 0.995. The van der Waals surface area contributed by atoms with E-state index in [2.05, 4.69) is 5.32 Å². The number of methoxy groups -OCH3 is 1. The highest BCUT2D eigenvalue weighted by molar-refractivity contribution is 5.96. The van der Waals surface area contributed by atoms with E-state index in [4.69, 9.17) is 9.47 Å². The SMILES string of the molecule is COc1cccc(NC(=O)CN(C)C(=O)COC(=O)c2cc(C)ccc2O)c1. The van der Waals surface area contributed by atoms with Crippen LogP contribution in [-0.4, -0.2) is 55.1 Å². The Morgan fingerprint density at radius 3 is 2.61 bits per heavy atom. The predicted molar refractivity (Wildman–Crippen MR) is 102 cm³/mol. The van der Waals surface area contributed by atoms with Gasteiger partial charge < -0.3 is 24.8 Å². The standard InChI is InChI=1S/C20H22N2O6/c1-13-7-8-17(23)16(9-13)20(26)28-12-19(25)22(2)11-18(24)21-14-5-4-6-15(10-14)27-3/h4-10,23H,11-12H2,1-3H3,(H,21,24). The first kappa shape index (κ1) is 20.8. The number of amides is 2. The van der Waals surface area contributed by atoms with Crippen LogP contribution in [0.15, 0.2) is 42.5 Å². The summed E-state index contributed by atoms with van der Waals surface area (Å²) in [5.74, 6) is -1.42. The number of anilines is 1. The van der Waals surface area contributed by atoms with Crippen LogP contribution in [-0.2, 0) is 14.3 Å². The van der Waals surface area contributed by atoms with Crippen molar-refractivity contribution in [3.63, 3.8) is 0 Å². The predicted octanol–water partition coefficient (Wildman–Crippen LogP) is 1.96. The second-order valence-electron chi connectivity index (χ2n) is 6.13. The first-order valence-corrected chi connectivity index (χ1v) is 8.44. The largest absolute Gasteiger partial charge is 0.507 e. The van der Waals surface area contributed by atoms with Crippen LogP contribution in [0.4, 0.5) is 5.69 Å². The summed E-state index contributed by atoms with van der Waals surface area (Å²) in [5, 5.41) is 12.4. The molecule has 148 valence electrons. The van der Waals surface area contributed by atoms with Crippen molar-refractivity contribution in [3.8, 4) is 11.5 Å². The molecule has 0 fully saturated rings. The quantitative estimate of drug-likeness (QED) is 0.705. The zero-order chi connectivity index (χ0) is 20.7. The number of aromatic hydroxyl groups is 1. The number of likely N-dealkylation sites (N-methyl/N-ethyl adjacent to an activating group) is 1. The molecule has 2 amide bonds. The minimum absolute atomic E-state index is 0.0220. The van der Waals surface area contributed by atoms with Crippen LogP contribution in [0.5, 0.6) is 11.5 Å². The Hall–Kier alpha value is -3.55. The molecule has 28 heavy (non-hydrogen) atoms.